The van der Waals surface area contributed by atoms with Crippen LogP contribution in [0.2, 0.25) is 0 Å². The van der Waals surface area contributed by atoms with Crippen molar-refractivity contribution in [1.82, 2.24) is 10.3 Å². The molecule has 7 nitrogen and oxygen atoms in total. The molecule has 162 valence electrons. The Kier molecular flexibility index (Phi) is 8.46. The number of amides is 2. The van der Waals surface area contributed by atoms with E-state index in [1.165, 1.54) is 30.6 Å². The van der Waals surface area contributed by atoms with E-state index in [1.54, 1.807) is 18.2 Å². The Morgan fingerprint density at radius 3 is 2.40 bits per heavy atom. The molecule has 0 aliphatic rings. The number of carbonyl (C=O) groups is 3. The number of anilines is 1. The van der Waals surface area contributed by atoms with Crippen LogP contribution in [0.3, 0.4) is 0 Å². The number of halogens is 1. The fraction of sp³-hybridized carbons (Fsp3) is 0.429. The Balaban J connectivity index is 2.14. The minimum absolute atomic E-state index is 0.00608. The third kappa shape index (κ3) is 5.85. The quantitative estimate of drug-likeness (QED) is 0.581. The molecule has 2 rings (SSSR count). The number of aromatic nitrogens is 1. The lowest BCUT2D eigenvalue weighted by Gasteiger charge is -2.18. The van der Waals surface area contributed by atoms with Crippen molar-refractivity contribution in [2.45, 2.75) is 51.7 Å². The number of benzene rings is 1. The molecule has 0 fully saturated rings. The summed E-state index contributed by atoms with van der Waals surface area (Å²) >= 11 is 1.17. The van der Waals surface area contributed by atoms with Gasteiger partial charge in [0, 0.05) is 4.88 Å². The van der Waals surface area contributed by atoms with Gasteiger partial charge in [0.25, 0.3) is 5.91 Å². The van der Waals surface area contributed by atoms with Crippen LogP contribution in [-0.2, 0) is 14.3 Å². The predicted molar refractivity (Wildman–Crippen MR) is 113 cm³/mol. The number of nitrogens with one attached hydrogen (secondary N) is 2. The molecule has 0 saturated carbocycles. The molecule has 0 radical (unpaired) electrons. The van der Waals surface area contributed by atoms with Gasteiger partial charge in [-0.05, 0) is 17.9 Å². The Morgan fingerprint density at radius 1 is 1.17 bits per heavy atom. The van der Waals surface area contributed by atoms with Gasteiger partial charge < -0.3 is 15.4 Å². The molecule has 2 atom stereocenters. The van der Waals surface area contributed by atoms with Crippen LogP contribution in [0, 0.1) is 0 Å². The molecule has 1 aromatic heterocycles. The number of carbonyl (C=O) groups excluding carboxylic acids is 3. The van der Waals surface area contributed by atoms with E-state index in [-0.39, 0.29) is 22.3 Å². The van der Waals surface area contributed by atoms with Crippen molar-refractivity contribution in [3.63, 3.8) is 0 Å². The monoisotopic (exact) mass is 435 g/mol. The molecule has 0 aliphatic heterocycles. The van der Waals surface area contributed by atoms with E-state index < -0.39 is 30.0 Å². The van der Waals surface area contributed by atoms with Crippen molar-refractivity contribution in [2.75, 3.05) is 12.4 Å². The third-order valence-electron chi connectivity index (χ3n) is 4.32. The van der Waals surface area contributed by atoms with Crippen molar-refractivity contribution in [3.8, 4) is 0 Å². The molecular formula is C21H26FN3O4S. The summed E-state index contributed by atoms with van der Waals surface area (Å²) in [6.07, 6.45) is -0.953. The standard InChI is InChI=1S/C21H26FN3O4S/c1-5-9-14(23-19(27)15(22)13-10-7-6-8-11-13)18(26)25-21-24-16(20(28)29-4)17(30-21)12(2)3/h6-8,10-12,14-15H,5,9H2,1-4H3,(H,23,27)(H,24,25,26)/t14-,15+/m0/s1. The van der Waals surface area contributed by atoms with E-state index in [9.17, 15) is 18.8 Å². The third-order valence-corrected chi connectivity index (χ3v) is 5.59. The molecule has 1 heterocycles. The second-order valence-corrected chi connectivity index (χ2v) is 8.02. The van der Waals surface area contributed by atoms with Crippen molar-refractivity contribution in [1.29, 1.82) is 0 Å². The van der Waals surface area contributed by atoms with E-state index >= 15 is 0 Å². The van der Waals surface area contributed by atoms with E-state index in [2.05, 4.69) is 15.6 Å². The number of thiazole rings is 1. The van der Waals surface area contributed by atoms with Crippen LogP contribution >= 0.6 is 11.3 Å². The number of nitrogens with zero attached hydrogens (tertiary/aromatic N) is 1. The van der Waals surface area contributed by atoms with Gasteiger partial charge in [0.2, 0.25) is 12.1 Å². The van der Waals surface area contributed by atoms with Crippen molar-refractivity contribution >= 4 is 34.3 Å². The van der Waals surface area contributed by atoms with Gasteiger partial charge in [-0.1, -0.05) is 57.5 Å². The first-order valence-corrected chi connectivity index (χ1v) is 10.5. The molecule has 0 spiro atoms. The maximum Gasteiger partial charge on any atom is 0.357 e. The van der Waals surface area contributed by atoms with Gasteiger partial charge in [0.15, 0.2) is 10.8 Å². The summed E-state index contributed by atoms with van der Waals surface area (Å²) < 4.78 is 19.2. The molecular weight excluding hydrogens is 409 g/mol. The molecule has 30 heavy (non-hydrogen) atoms. The molecule has 0 aliphatic carbocycles. The van der Waals surface area contributed by atoms with Crippen LogP contribution in [-0.4, -0.2) is 35.9 Å². The number of methoxy groups -OCH3 is 1. The number of esters is 1. The lowest BCUT2D eigenvalue weighted by molar-refractivity contribution is -0.130. The maximum absolute atomic E-state index is 14.5. The van der Waals surface area contributed by atoms with Gasteiger partial charge in [-0.3, -0.25) is 9.59 Å². The summed E-state index contributed by atoms with van der Waals surface area (Å²) in [5.74, 6) is -1.98. The van der Waals surface area contributed by atoms with Crippen molar-refractivity contribution < 1.29 is 23.5 Å². The normalized spacial score (nSPS) is 12.9. The predicted octanol–water partition coefficient (Wildman–Crippen LogP) is 3.99. The average molecular weight is 436 g/mol. The molecule has 2 N–H and O–H groups in total. The topological polar surface area (TPSA) is 97.4 Å². The smallest absolute Gasteiger partial charge is 0.357 e. The Hall–Kier alpha value is -2.81. The molecule has 0 bridgehead atoms. The number of alkyl halides is 1. The number of hydrogen-bond acceptors (Lipinski definition) is 6. The summed E-state index contributed by atoms with van der Waals surface area (Å²) in [6, 6.07) is 7.09. The molecule has 9 heteroatoms. The van der Waals surface area contributed by atoms with Crippen LogP contribution < -0.4 is 10.6 Å². The lowest BCUT2D eigenvalue weighted by atomic mass is 10.1. The Bertz CT molecular complexity index is 886. The van der Waals surface area contributed by atoms with Gasteiger partial charge in [0.1, 0.15) is 6.04 Å². The summed E-state index contributed by atoms with van der Waals surface area (Å²) in [5, 5.41) is 5.32. The van der Waals surface area contributed by atoms with E-state index in [0.717, 1.165) is 0 Å². The highest BCUT2D eigenvalue weighted by Crippen LogP contribution is 2.30. The Labute approximate surface area is 179 Å². The van der Waals surface area contributed by atoms with Crippen LogP contribution in [0.1, 0.15) is 66.6 Å². The first kappa shape index (κ1) is 23.5. The second kappa shape index (κ2) is 10.8. The highest BCUT2D eigenvalue weighted by molar-refractivity contribution is 7.16. The fourth-order valence-electron chi connectivity index (χ4n) is 2.79. The molecule has 0 saturated heterocycles. The van der Waals surface area contributed by atoms with Gasteiger partial charge in [-0.2, -0.15) is 0 Å². The zero-order chi connectivity index (χ0) is 22.3. The SMILES string of the molecule is CCC[C@H](NC(=O)[C@H](F)c1ccccc1)C(=O)Nc1nc(C(=O)OC)c(C(C)C)s1. The zero-order valence-electron chi connectivity index (χ0n) is 17.4. The minimum Gasteiger partial charge on any atom is -0.464 e. The van der Waals surface area contributed by atoms with Crippen LogP contribution in [0.4, 0.5) is 9.52 Å². The van der Waals surface area contributed by atoms with Crippen LogP contribution in [0.15, 0.2) is 30.3 Å². The van der Waals surface area contributed by atoms with E-state index in [1.807, 2.05) is 20.8 Å². The Morgan fingerprint density at radius 2 is 1.83 bits per heavy atom. The first-order valence-electron chi connectivity index (χ1n) is 9.67. The number of rotatable bonds is 9. The molecule has 2 amide bonds. The zero-order valence-corrected chi connectivity index (χ0v) is 18.2. The summed E-state index contributed by atoms with van der Waals surface area (Å²) in [4.78, 5) is 41.8. The highest BCUT2D eigenvalue weighted by Gasteiger charge is 2.28. The van der Waals surface area contributed by atoms with Gasteiger partial charge in [-0.25, -0.2) is 14.2 Å². The average Bonchev–Trinajstić information content (AvgIpc) is 3.16. The highest BCUT2D eigenvalue weighted by atomic mass is 32.1. The second-order valence-electron chi connectivity index (χ2n) is 6.99. The summed E-state index contributed by atoms with van der Waals surface area (Å²) in [5.41, 5.74) is 0.367. The molecule has 2 aromatic rings. The first-order chi connectivity index (χ1) is 14.3. The maximum atomic E-state index is 14.5. The number of hydrogen-bond donors (Lipinski definition) is 2. The van der Waals surface area contributed by atoms with Crippen LogP contribution in [0.25, 0.3) is 0 Å². The fourth-order valence-corrected chi connectivity index (χ4v) is 3.75. The molecule has 1 aromatic carbocycles. The van der Waals surface area contributed by atoms with Gasteiger partial charge in [0.05, 0.1) is 7.11 Å². The van der Waals surface area contributed by atoms with Crippen LogP contribution in [0.5, 0.6) is 0 Å². The van der Waals surface area contributed by atoms with Crippen molar-refractivity contribution in [3.05, 3.63) is 46.5 Å². The van der Waals surface area contributed by atoms with Gasteiger partial charge >= 0.3 is 5.97 Å². The van der Waals surface area contributed by atoms with Gasteiger partial charge in [-0.15, -0.1) is 11.3 Å². The summed E-state index contributed by atoms with van der Waals surface area (Å²) in [6.45, 7) is 5.65. The number of ether oxygens (including phenoxy) is 1. The van der Waals surface area contributed by atoms with E-state index in [4.69, 9.17) is 4.74 Å². The van der Waals surface area contributed by atoms with E-state index in [0.29, 0.717) is 17.7 Å². The van der Waals surface area contributed by atoms with Crippen molar-refractivity contribution in [2.24, 2.45) is 0 Å². The largest absolute Gasteiger partial charge is 0.464 e. The summed E-state index contributed by atoms with van der Waals surface area (Å²) in [7, 11) is 1.26. The molecule has 0 unspecified atom stereocenters. The lowest BCUT2D eigenvalue weighted by Crippen LogP contribution is -2.45. The minimum atomic E-state index is -1.88.